The van der Waals surface area contributed by atoms with E-state index in [1.807, 2.05) is 36.0 Å². The summed E-state index contributed by atoms with van der Waals surface area (Å²) in [5, 5.41) is 4.30. The van der Waals surface area contributed by atoms with E-state index in [0.29, 0.717) is 6.04 Å². The lowest BCUT2D eigenvalue weighted by Gasteiger charge is -2.16. The van der Waals surface area contributed by atoms with Crippen LogP contribution in [-0.2, 0) is 0 Å². The summed E-state index contributed by atoms with van der Waals surface area (Å²) < 4.78 is 3.07. The van der Waals surface area contributed by atoms with Crippen molar-refractivity contribution in [2.75, 3.05) is 5.32 Å². The number of hydrogen-bond donors (Lipinski definition) is 1. The lowest BCUT2D eigenvalue weighted by molar-refractivity contribution is 0.740. The van der Waals surface area contributed by atoms with E-state index in [2.05, 4.69) is 26.2 Å². The Balaban J connectivity index is 1.94. The van der Waals surface area contributed by atoms with Crippen molar-refractivity contribution < 1.29 is 0 Å². The predicted octanol–water partition coefficient (Wildman–Crippen LogP) is 4.95. The van der Waals surface area contributed by atoms with Crippen molar-refractivity contribution in [3.05, 3.63) is 39.6 Å². The first-order valence-electron chi connectivity index (χ1n) is 6.91. The van der Waals surface area contributed by atoms with Gasteiger partial charge in [-0.25, -0.2) is 4.98 Å². The summed E-state index contributed by atoms with van der Waals surface area (Å²) in [7, 11) is 0. The molecule has 0 bridgehead atoms. The first-order chi connectivity index (χ1) is 9.65. The molecule has 1 aromatic carbocycles. The Labute approximate surface area is 132 Å². The van der Waals surface area contributed by atoms with Crippen molar-refractivity contribution in [1.29, 1.82) is 0 Å². The van der Waals surface area contributed by atoms with Gasteiger partial charge in [-0.2, -0.15) is 0 Å². The highest BCUT2D eigenvalue weighted by atomic mass is 79.9. The Kier molecular flexibility index (Phi) is 4.03. The molecule has 1 heterocycles. The van der Waals surface area contributed by atoms with Crippen molar-refractivity contribution in [2.24, 2.45) is 0 Å². The van der Waals surface area contributed by atoms with Crippen LogP contribution in [0.2, 0.25) is 5.02 Å². The summed E-state index contributed by atoms with van der Waals surface area (Å²) in [6.07, 6.45) is 8.84. The zero-order valence-corrected chi connectivity index (χ0v) is 13.7. The van der Waals surface area contributed by atoms with Crippen LogP contribution < -0.4 is 5.32 Å². The number of anilines is 1. The van der Waals surface area contributed by atoms with E-state index in [4.69, 9.17) is 11.6 Å². The fourth-order valence-electron chi connectivity index (χ4n) is 2.68. The number of benzene rings is 1. The molecule has 0 spiro atoms. The Hall–Kier alpha value is -1.00. The molecule has 3 rings (SSSR count). The Morgan fingerprint density at radius 3 is 2.85 bits per heavy atom. The van der Waals surface area contributed by atoms with Crippen LogP contribution in [0.25, 0.3) is 5.69 Å². The lowest BCUT2D eigenvalue weighted by Crippen LogP contribution is -2.17. The molecule has 0 amide bonds. The summed E-state index contributed by atoms with van der Waals surface area (Å²) in [6, 6.07) is 4.55. The van der Waals surface area contributed by atoms with Crippen LogP contribution in [0.3, 0.4) is 0 Å². The van der Waals surface area contributed by atoms with Gasteiger partial charge in [-0.05, 0) is 53.4 Å². The van der Waals surface area contributed by atoms with Gasteiger partial charge in [0.2, 0.25) is 5.95 Å². The molecule has 1 aliphatic rings. The minimum absolute atomic E-state index is 0.538. The SMILES string of the molecule is Cc1cc(Br)c(-n2ccnc2NC2CCCC2)cc1Cl. The van der Waals surface area contributed by atoms with Gasteiger partial charge in [-0.1, -0.05) is 24.4 Å². The zero-order chi connectivity index (χ0) is 14.1. The molecule has 0 saturated heterocycles. The van der Waals surface area contributed by atoms with Gasteiger partial charge in [-0.3, -0.25) is 4.57 Å². The second kappa shape index (κ2) is 5.78. The molecule has 0 atom stereocenters. The topological polar surface area (TPSA) is 29.9 Å². The quantitative estimate of drug-likeness (QED) is 0.845. The number of halogens is 2. The molecule has 1 fully saturated rings. The van der Waals surface area contributed by atoms with Crippen LogP contribution in [0.5, 0.6) is 0 Å². The monoisotopic (exact) mass is 353 g/mol. The van der Waals surface area contributed by atoms with Crippen molar-refractivity contribution in [1.82, 2.24) is 9.55 Å². The number of aryl methyl sites for hydroxylation is 1. The minimum Gasteiger partial charge on any atom is -0.353 e. The predicted molar refractivity (Wildman–Crippen MR) is 86.9 cm³/mol. The van der Waals surface area contributed by atoms with Crippen molar-refractivity contribution >= 4 is 33.5 Å². The van der Waals surface area contributed by atoms with E-state index < -0.39 is 0 Å². The zero-order valence-electron chi connectivity index (χ0n) is 11.4. The van der Waals surface area contributed by atoms with Crippen molar-refractivity contribution in [3.63, 3.8) is 0 Å². The summed E-state index contributed by atoms with van der Waals surface area (Å²) in [5.41, 5.74) is 2.08. The average Bonchev–Trinajstić information content (AvgIpc) is 3.06. The molecule has 2 aromatic rings. The van der Waals surface area contributed by atoms with Gasteiger partial charge < -0.3 is 5.32 Å². The van der Waals surface area contributed by atoms with Crippen molar-refractivity contribution in [2.45, 2.75) is 38.6 Å². The number of aromatic nitrogens is 2. The second-order valence-corrected chi connectivity index (χ2v) is 6.56. The molecule has 1 N–H and O–H groups in total. The smallest absolute Gasteiger partial charge is 0.207 e. The highest BCUT2D eigenvalue weighted by Gasteiger charge is 2.18. The van der Waals surface area contributed by atoms with Gasteiger partial charge in [-0.15, -0.1) is 0 Å². The maximum atomic E-state index is 6.25. The number of imidazole rings is 1. The molecule has 3 nitrogen and oxygen atoms in total. The number of rotatable bonds is 3. The van der Waals surface area contributed by atoms with E-state index in [1.165, 1.54) is 25.7 Å². The lowest BCUT2D eigenvalue weighted by atomic mass is 10.2. The molecule has 0 unspecified atom stereocenters. The van der Waals surface area contributed by atoms with Gasteiger partial charge in [0.15, 0.2) is 0 Å². The first kappa shape index (κ1) is 14.0. The first-order valence-corrected chi connectivity index (χ1v) is 8.08. The number of nitrogens with zero attached hydrogens (tertiary/aromatic N) is 2. The van der Waals surface area contributed by atoms with Gasteiger partial charge in [0, 0.05) is 27.9 Å². The van der Waals surface area contributed by atoms with Crippen LogP contribution in [0.4, 0.5) is 5.95 Å². The minimum atomic E-state index is 0.538. The summed E-state index contributed by atoms with van der Waals surface area (Å²) in [4.78, 5) is 4.44. The normalized spacial score (nSPS) is 15.8. The fourth-order valence-corrected chi connectivity index (χ4v) is 3.48. The number of nitrogens with one attached hydrogen (secondary N) is 1. The molecular formula is C15H17BrClN3. The van der Waals surface area contributed by atoms with Crippen LogP contribution >= 0.6 is 27.5 Å². The van der Waals surface area contributed by atoms with Crippen LogP contribution in [0, 0.1) is 6.92 Å². The van der Waals surface area contributed by atoms with E-state index in [-0.39, 0.29) is 0 Å². The summed E-state index contributed by atoms with van der Waals surface area (Å²) in [6.45, 7) is 2.00. The summed E-state index contributed by atoms with van der Waals surface area (Å²) >= 11 is 9.86. The molecule has 1 aliphatic carbocycles. The fraction of sp³-hybridized carbons (Fsp3) is 0.400. The van der Waals surface area contributed by atoms with Crippen LogP contribution in [0.1, 0.15) is 31.2 Å². The highest BCUT2D eigenvalue weighted by molar-refractivity contribution is 9.10. The van der Waals surface area contributed by atoms with E-state index >= 15 is 0 Å². The Morgan fingerprint density at radius 1 is 1.35 bits per heavy atom. The van der Waals surface area contributed by atoms with Gasteiger partial charge in [0.1, 0.15) is 0 Å². The van der Waals surface area contributed by atoms with Gasteiger partial charge >= 0.3 is 0 Å². The second-order valence-electron chi connectivity index (χ2n) is 5.30. The third-order valence-corrected chi connectivity index (χ3v) is 4.86. The summed E-state index contributed by atoms with van der Waals surface area (Å²) in [5.74, 6) is 0.887. The average molecular weight is 355 g/mol. The maximum absolute atomic E-state index is 6.25. The van der Waals surface area contributed by atoms with Crippen molar-refractivity contribution in [3.8, 4) is 5.69 Å². The van der Waals surface area contributed by atoms with E-state index in [1.54, 1.807) is 0 Å². The van der Waals surface area contributed by atoms with Gasteiger partial charge in [0.05, 0.1) is 5.69 Å². The van der Waals surface area contributed by atoms with Crippen LogP contribution in [-0.4, -0.2) is 15.6 Å². The maximum Gasteiger partial charge on any atom is 0.207 e. The van der Waals surface area contributed by atoms with Crippen LogP contribution in [0.15, 0.2) is 29.0 Å². The molecule has 20 heavy (non-hydrogen) atoms. The molecule has 0 aliphatic heterocycles. The third kappa shape index (κ3) is 2.72. The van der Waals surface area contributed by atoms with E-state index in [9.17, 15) is 0 Å². The molecule has 1 aromatic heterocycles. The largest absolute Gasteiger partial charge is 0.353 e. The third-order valence-electron chi connectivity index (χ3n) is 3.82. The molecular weight excluding hydrogens is 338 g/mol. The molecule has 0 radical (unpaired) electrons. The number of hydrogen-bond acceptors (Lipinski definition) is 2. The Bertz CT molecular complexity index is 618. The highest BCUT2D eigenvalue weighted by Crippen LogP contribution is 2.30. The van der Waals surface area contributed by atoms with E-state index in [0.717, 1.165) is 26.7 Å². The Morgan fingerprint density at radius 2 is 2.10 bits per heavy atom. The molecule has 106 valence electrons. The molecule has 5 heteroatoms. The molecule has 1 saturated carbocycles. The van der Waals surface area contributed by atoms with Gasteiger partial charge in [0.25, 0.3) is 0 Å². The standard InChI is InChI=1S/C15H17BrClN3/c1-10-8-12(16)14(9-13(10)17)20-7-6-18-15(20)19-11-4-2-3-5-11/h6-9,11H,2-5H2,1H3,(H,18,19).